The van der Waals surface area contributed by atoms with E-state index in [0.717, 1.165) is 12.2 Å². The van der Waals surface area contributed by atoms with Crippen LogP contribution in [-0.2, 0) is 10.3 Å². The minimum atomic E-state index is -0.877. The Bertz CT molecular complexity index is 936. The number of carbonyl (C=O) groups excluding carboxylic acids is 1. The minimum Gasteiger partial charge on any atom is -0.397 e. The number of hydrogen-bond acceptors (Lipinski definition) is 7. The highest BCUT2D eigenvalue weighted by Crippen LogP contribution is 2.45. The number of nitrogens with zero attached hydrogens (tertiary/aromatic N) is 2. The van der Waals surface area contributed by atoms with E-state index >= 15 is 0 Å². The van der Waals surface area contributed by atoms with Crippen LogP contribution >= 0.6 is 11.8 Å². The monoisotopic (exact) mass is 401 g/mol. The number of aromatic nitrogens is 1. The molecule has 2 aromatic rings. The van der Waals surface area contributed by atoms with Gasteiger partial charge in [0.15, 0.2) is 5.17 Å². The molecule has 0 saturated carbocycles. The lowest BCUT2D eigenvalue weighted by Gasteiger charge is -2.43. The third-order valence-corrected chi connectivity index (χ3v) is 6.02. The largest absolute Gasteiger partial charge is 0.397 e. The quantitative estimate of drug-likeness (QED) is 0.727. The molecule has 3 heterocycles. The first-order chi connectivity index (χ1) is 13.5. The van der Waals surface area contributed by atoms with E-state index in [4.69, 9.17) is 16.2 Å². The first-order valence-electron chi connectivity index (χ1n) is 8.87. The molecule has 28 heavy (non-hydrogen) atoms. The maximum absolute atomic E-state index is 14.8. The summed E-state index contributed by atoms with van der Waals surface area (Å²) in [4.78, 5) is 21.1. The number of hydrogen-bond donors (Lipinski definition) is 3. The topological polar surface area (TPSA) is 116 Å². The van der Waals surface area contributed by atoms with E-state index < -0.39 is 17.3 Å². The molecule has 9 heteroatoms. The number of ether oxygens (including phenoxy) is 1. The Morgan fingerprint density at radius 1 is 1.32 bits per heavy atom. The number of nitrogens with one attached hydrogen (secondary N) is 1. The molecule has 0 bridgehead atoms. The Balaban J connectivity index is 1.68. The molecule has 2 atom stereocenters. The van der Waals surface area contributed by atoms with Gasteiger partial charge in [-0.1, -0.05) is 11.8 Å². The van der Waals surface area contributed by atoms with E-state index in [0.29, 0.717) is 28.7 Å². The number of nitrogens with two attached hydrogens (primary N) is 2. The molecule has 2 aliphatic rings. The van der Waals surface area contributed by atoms with Crippen molar-refractivity contribution in [3.63, 3.8) is 0 Å². The highest BCUT2D eigenvalue weighted by atomic mass is 32.2. The Kier molecular flexibility index (Phi) is 4.94. The number of amidine groups is 1. The normalized spacial score (nSPS) is 24.2. The van der Waals surface area contributed by atoms with E-state index in [1.807, 2.05) is 0 Å². The van der Waals surface area contributed by atoms with Crippen molar-refractivity contribution in [1.82, 2.24) is 4.98 Å². The summed E-state index contributed by atoms with van der Waals surface area (Å²) in [5, 5.41) is 3.17. The molecule has 0 spiro atoms. The number of halogens is 1. The van der Waals surface area contributed by atoms with Crippen LogP contribution in [0.25, 0.3) is 0 Å². The SMILES string of the molecule is NC1=N[C@@]2(c3cc(NC(=O)c4ccc(N)cn4)ccc3F)COCC[C@H]2CS1. The summed E-state index contributed by atoms with van der Waals surface area (Å²) >= 11 is 1.48. The number of thioether (sulfide) groups is 1. The van der Waals surface area contributed by atoms with Crippen LogP contribution in [-0.4, -0.2) is 35.0 Å². The fourth-order valence-corrected chi connectivity index (χ4v) is 4.64. The smallest absolute Gasteiger partial charge is 0.274 e. The van der Waals surface area contributed by atoms with Crippen LogP contribution in [0.3, 0.4) is 0 Å². The maximum Gasteiger partial charge on any atom is 0.274 e. The van der Waals surface area contributed by atoms with Crippen molar-refractivity contribution in [3.8, 4) is 0 Å². The van der Waals surface area contributed by atoms with Crippen LogP contribution in [0.1, 0.15) is 22.5 Å². The molecule has 4 rings (SSSR count). The van der Waals surface area contributed by atoms with Crippen LogP contribution < -0.4 is 16.8 Å². The van der Waals surface area contributed by atoms with E-state index in [-0.39, 0.29) is 18.2 Å². The van der Waals surface area contributed by atoms with Crippen LogP contribution in [0.4, 0.5) is 15.8 Å². The Labute approximate surface area is 165 Å². The van der Waals surface area contributed by atoms with Crippen LogP contribution in [0, 0.1) is 11.7 Å². The van der Waals surface area contributed by atoms with Gasteiger partial charge in [0.05, 0.1) is 18.5 Å². The third kappa shape index (κ3) is 3.43. The number of aliphatic imine (C=N–C) groups is 1. The van der Waals surface area contributed by atoms with Gasteiger partial charge in [-0.2, -0.15) is 0 Å². The standard InChI is InChI=1S/C19H20FN5O2S/c20-15-3-2-13(24-17(26)16-4-1-12(21)8-23-16)7-14(15)19-10-27-6-5-11(19)9-28-18(22)25-19/h1-4,7-8,11H,5-6,9-10,21H2,(H2,22,25)(H,24,26)/t11-,19-/m0/s1. The highest BCUT2D eigenvalue weighted by Gasteiger charge is 2.47. The summed E-state index contributed by atoms with van der Waals surface area (Å²) in [5.74, 6) is 0.0541. The average Bonchev–Trinajstić information content (AvgIpc) is 2.69. The number of anilines is 2. The van der Waals surface area contributed by atoms with Crippen molar-refractivity contribution < 1.29 is 13.9 Å². The Morgan fingerprint density at radius 2 is 2.18 bits per heavy atom. The van der Waals surface area contributed by atoms with Gasteiger partial charge in [-0.25, -0.2) is 14.4 Å². The van der Waals surface area contributed by atoms with Gasteiger partial charge >= 0.3 is 0 Å². The van der Waals surface area contributed by atoms with Crippen molar-refractivity contribution in [2.45, 2.75) is 12.0 Å². The number of pyridine rings is 1. The number of fused-ring (bicyclic) bond motifs is 1. The summed E-state index contributed by atoms with van der Waals surface area (Å²) in [6.07, 6.45) is 2.18. The predicted octanol–water partition coefficient (Wildman–Crippen LogP) is 2.35. The molecule has 1 amide bonds. The second-order valence-corrected chi connectivity index (χ2v) is 7.89. The average molecular weight is 401 g/mol. The molecular formula is C19H20FN5O2S. The van der Waals surface area contributed by atoms with Crippen molar-refractivity contribution in [2.75, 3.05) is 30.0 Å². The Morgan fingerprint density at radius 3 is 2.96 bits per heavy atom. The Hall–Kier alpha value is -2.65. The zero-order valence-electron chi connectivity index (χ0n) is 15.0. The van der Waals surface area contributed by atoms with E-state index in [1.54, 1.807) is 12.1 Å². The number of rotatable bonds is 3. The van der Waals surface area contributed by atoms with Crippen LogP contribution in [0.2, 0.25) is 0 Å². The second kappa shape index (κ2) is 7.40. The van der Waals surface area contributed by atoms with Crippen molar-refractivity contribution in [1.29, 1.82) is 0 Å². The zero-order chi connectivity index (χ0) is 19.7. The minimum absolute atomic E-state index is 0.109. The molecule has 0 radical (unpaired) electrons. The van der Waals surface area contributed by atoms with Gasteiger partial charge in [0.25, 0.3) is 5.91 Å². The van der Waals surface area contributed by atoms with E-state index in [1.165, 1.54) is 36.2 Å². The lowest BCUT2D eigenvalue weighted by molar-refractivity contribution is 0.00304. The molecule has 0 aliphatic carbocycles. The predicted molar refractivity (Wildman–Crippen MR) is 108 cm³/mol. The lowest BCUT2D eigenvalue weighted by Crippen LogP contribution is -2.48. The van der Waals surface area contributed by atoms with Gasteiger partial charge in [-0.3, -0.25) is 4.79 Å². The summed E-state index contributed by atoms with van der Waals surface area (Å²) in [7, 11) is 0. The molecular weight excluding hydrogens is 381 g/mol. The molecule has 2 aliphatic heterocycles. The fourth-order valence-electron chi connectivity index (χ4n) is 3.60. The van der Waals surface area contributed by atoms with Crippen LogP contribution in [0.15, 0.2) is 41.5 Å². The molecule has 0 unspecified atom stereocenters. The fraction of sp³-hybridized carbons (Fsp3) is 0.316. The van der Waals surface area contributed by atoms with Gasteiger partial charge in [-0.15, -0.1) is 0 Å². The number of nitrogen functional groups attached to an aromatic ring is 1. The van der Waals surface area contributed by atoms with Gasteiger partial charge in [0.2, 0.25) is 0 Å². The number of carbonyl (C=O) groups is 1. The van der Waals surface area contributed by atoms with E-state index in [2.05, 4.69) is 15.3 Å². The van der Waals surface area contributed by atoms with Crippen LogP contribution in [0.5, 0.6) is 0 Å². The van der Waals surface area contributed by atoms with Gasteiger partial charge in [0, 0.05) is 29.5 Å². The summed E-state index contributed by atoms with van der Waals surface area (Å²) in [6, 6.07) is 7.57. The van der Waals surface area contributed by atoms with Gasteiger partial charge in [-0.05, 0) is 36.8 Å². The number of benzene rings is 1. The molecule has 1 aromatic heterocycles. The highest BCUT2D eigenvalue weighted by molar-refractivity contribution is 8.13. The molecule has 1 saturated heterocycles. The molecule has 146 valence electrons. The lowest BCUT2D eigenvalue weighted by atomic mass is 9.76. The van der Waals surface area contributed by atoms with Gasteiger partial charge in [0.1, 0.15) is 17.1 Å². The second-order valence-electron chi connectivity index (χ2n) is 6.85. The first kappa shape index (κ1) is 18.7. The molecule has 1 fully saturated rings. The van der Waals surface area contributed by atoms with Crippen molar-refractivity contribution >= 4 is 34.2 Å². The summed E-state index contributed by atoms with van der Waals surface area (Å²) in [5.41, 5.74) is 12.2. The molecule has 1 aromatic carbocycles. The van der Waals surface area contributed by atoms with Crippen molar-refractivity contribution in [3.05, 3.63) is 53.6 Å². The zero-order valence-corrected chi connectivity index (χ0v) is 15.8. The summed E-state index contributed by atoms with van der Waals surface area (Å²) < 4.78 is 20.5. The maximum atomic E-state index is 14.8. The molecule has 7 nitrogen and oxygen atoms in total. The number of amides is 1. The third-order valence-electron chi connectivity index (χ3n) is 5.06. The van der Waals surface area contributed by atoms with E-state index in [9.17, 15) is 9.18 Å². The van der Waals surface area contributed by atoms with Gasteiger partial charge < -0.3 is 21.5 Å². The first-order valence-corrected chi connectivity index (χ1v) is 9.85. The van der Waals surface area contributed by atoms with Crippen molar-refractivity contribution in [2.24, 2.45) is 16.6 Å². The summed E-state index contributed by atoms with van der Waals surface area (Å²) in [6.45, 7) is 0.871. The molecule has 5 N–H and O–H groups in total.